The third kappa shape index (κ3) is 3.20. The smallest absolute Gasteiger partial charge is 0.251 e. The third-order valence-electron chi connectivity index (χ3n) is 2.71. The van der Waals surface area contributed by atoms with Crippen molar-refractivity contribution in [2.45, 2.75) is 18.9 Å². The van der Waals surface area contributed by atoms with E-state index in [-0.39, 0.29) is 11.8 Å². The fraction of sp³-hybridized carbons (Fsp3) is 0.286. The molecule has 1 aliphatic rings. The molecule has 0 heterocycles. The molecule has 1 aromatic carbocycles. The summed E-state index contributed by atoms with van der Waals surface area (Å²) in [6.07, 6.45) is 3.71. The van der Waals surface area contributed by atoms with Gasteiger partial charge in [-0.25, -0.2) is 0 Å². The molecule has 0 unspecified atom stereocenters. The van der Waals surface area contributed by atoms with Crippen LogP contribution in [0.15, 0.2) is 36.9 Å². The van der Waals surface area contributed by atoms with Gasteiger partial charge in [0.2, 0.25) is 0 Å². The first-order chi connectivity index (χ1) is 8.70. The first kappa shape index (κ1) is 12.4. The number of hydrogen-bond donors (Lipinski definition) is 2. The average Bonchev–Trinajstić information content (AvgIpc) is 3.20. The Kier molecular flexibility index (Phi) is 3.77. The molecule has 1 fully saturated rings. The molecule has 0 bridgehead atoms. The zero-order valence-corrected chi connectivity index (χ0v) is 10.1. The van der Waals surface area contributed by atoms with Crippen molar-refractivity contribution in [3.63, 3.8) is 0 Å². The molecule has 0 saturated heterocycles. The van der Waals surface area contributed by atoms with Crippen LogP contribution in [0.25, 0.3) is 0 Å². The molecule has 2 rings (SSSR count). The maximum absolute atomic E-state index is 11.8. The number of amides is 2. The van der Waals surface area contributed by atoms with Gasteiger partial charge in [0.05, 0.1) is 0 Å². The van der Waals surface area contributed by atoms with Gasteiger partial charge in [-0.15, -0.1) is 6.58 Å². The van der Waals surface area contributed by atoms with E-state index in [0.29, 0.717) is 23.7 Å². The molecule has 1 aromatic rings. The molecule has 0 aliphatic heterocycles. The van der Waals surface area contributed by atoms with Crippen LogP contribution in [0.1, 0.15) is 33.6 Å². The van der Waals surface area contributed by atoms with Crippen LogP contribution >= 0.6 is 0 Å². The van der Waals surface area contributed by atoms with Crippen molar-refractivity contribution < 1.29 is 9.59 Å². The number of carbonyl (C=O) groups is 2. The van der Waals surface area contributed by atoms with Crippen LogP contribution in [0.4, 0.5) is 0 Å². The van der Waals surface area contributed by atoms with Gasteiger partial charge in [-0.1, -0.05) is 12.1 Å². The van der Waals surface area contributed by atoms with Crippen LogP contribution in [-0.4, -0.2) is 24.4 Å². The Morgan fingerprint density at radius 1 is 1.28 bits per heavy atom. The van der Waals surface area contributed by atoms with Gasteiger partial charge in [0, 0.05) is 23.7 Å². The highest BCUT2D eigenvalue weighted by Crippen LogP contribution is 2.19. The minimum absolute atomic E-state index is 0.115. The van der Waals surface area contributed by atoms with E-state index < -0.39 is 0 Å². The van der Waals surface area contributed by atoms with Crippen LogP contribution in [0.5, 0.6) is 0 Å². The van der Waals surface area contributed by atoms with E-state index in [2.05, 4.69) is 17.2 Å². The molecule has 2 N–H and O–H groups in total. The summed E-state index contributed by atoms with van der Waals surface area (Å²) < 4.78 is 0. The molecule has 0 atom stereocenters. The summed E-state index contributed by atoms with van der Waals surface area (Å²) in [6.45, 7) is 3.95. The second-order valence-electron chi connectivity index (χ2n) is 4.33. The summed E-state index contributed by atoms with van der Waals surface area (Å²) in [5.41, 5.74) is 1.01. The maximum atomic E-state index is 11.8. The molecule has 4 nitrogen and oxygen atoms in total. The molecule has 4 heteroatoms. The van der Waals surface area contributed by atoms with Crippen LogP contribution < -0.4 is 10.6 Å². The van der Waals surface area contributed by atoms with Crippen LogP contribution in [-0.2, 0) is 0 Å². The monoisotopic (exact) mass is 244 g/mol. The fourth-order valence-electron chi connectivity index (χ4n) is 1.57. The normalized spacial score (nSPS) is 13.8. The highest BCUT2D eigenvalue weighted by molar-refractivity contribution is 5.99. The first-order valence-electron chi connectivity index (χ1n) is 6.00. The highest BCUT2D eigenvalue weighted by Gasteiger charge is 2.23. The number of nitrogens with one attached hydrogen (secondary N) is 2. The molecule has 0 aromatic heterocycles. The van der Waals surface area contributed by atoms with E-state index in [1.54, 1.807) is 30.3 Å². The quantitative estimate of drug-likeness (QED) is 0.771. The van der Waals surface area contributed by atoms with Gasteiger partial charge in [-0.05, 0) is 31.0 Å². The van der Waals surface area contributed by atoms with Gasteiger partial charge < -0.3 is 10.6 Å². The summed E-state index contributed by atoms with van der Waals surface area (Å²) in [7, 11) is 0. The zero-order valence-electron chi connectivity index (χ0n) is 10.1. The number of carbonyl (C=O) groups excluding carboxylic acids is 2. The van der Waals surface area contributed by atoms with Gasteiger partial charge in [0.1, 0.15) is 0 Å². The van der Waals surface area contributed by atoms with Crippen LogP contribution in [0, 0.1) is 0 Å². The summed E-state index contributed by atoms with van der Waals surface area (Å²) in [5.74, 6) is -0.313. The third-order valence-corrected chi connectivity index (χ3v) is 2.71. The average molecular weight is 244 g/mol. The molecule has 0 radical (unpaired) electrons. The molecular weight excluding hydrogens is 228 g/mol. The van der Waals surface area contributed by atoms with Gasteiger partial charge in [0.25, 0.3) is 11.8 Å². The lowest BCUT2D eigenvalue weighted by Gasteiger charge is -2.06. The van der Waals surface area contributed by atoms with E-state index in [1.165, 1.54) is 0 Å². The van der Waals surface area contributed by atoms with E-state index in [1.807, 2.05) is 0 Å². The van der Waals surface area contributed by atoms with Gasteiger partial charge in [-0.3, -0.25) is 9.59 Å². The number of rotatable bonds is 5. The minimum Gasteiger partial charge on any atom is -0.349 e. The van der Waals surface area contributed by atoms with Gasteiger partial charge >= 0.3 is 0 Å². The molecule has 2 amide bonds. The lowest BCUT2D eigenvalue weighted by atomic mass is 10.1. The highest BCUT2D eigenvalue weighted by atomic mass is 16.2. The van der Waals surface area contributed by atoms with Crippen LogP contribution in [0.2, 0.25) is 0 Å². The lowest BCUT2D eigenvalue weighted by Crippen LogP contribution is -2.27. The van der Waals surface area contributed by atoms with E-state index in [9.17, 15) is 9.59 Å². The molecule has 1 aliphatic carbocycles. The Morgan fingerprint density at radius 3 is 2.56 bits per heavy atom. The lowest BCUT2D eigenvalue weighted by molar-refractivity contribution is 0.0951. The van der Waals surface area contributed by atoms with Crippen molar-refractivity contribution in [2.24, 2.45) is 0 Å². The minimum atomic E-state index is -0.198. The molecule has 18 heavy (non-hydrogen) atoms. The van der Waals surface area contributed by atoms with E-state index >= 15 is 0 Å². The van der Waals surface area contributed by atoms with E-state index in [4.69, 9.17) is 0 Å². The molecule has 0 spiro atoms. The Labute approximate surface area is 106 Å². The molecule has 1 saturated carbocycles. The second-order valence-corrected chi connectivity index (χ2v) is 4.33. The van der Waals surface area contributed by atoms with Gasteiger partial charge in [0.15, 0.2) is 0 Å². The molecule has 94 valence electrons. The Hall–Kier alpha value is -2.10. The number of hydrogen-bond acceptors (Lipinski definition) is 2. The topological polar surface area (TPSA) is 58.2 Å². The Balaban J connectivity index is 2.05. The van der Waals surface area contributed by atoms with Crippen molar-refractivity contribution in [3.05, 3.63) is 48.0 Å². The SMILES string of the molecule is C=CCNC(=O)c1cccc(C(=O)NC2CC2)c1. The van der Waals surface area contributed by atoms with Crippen molar-refractivity contribution in [1.29, 1.82) is 0 Å². The zero-order chi connectivity index (χ0) is 13.0. The molecular formula is C14H16N2O2. The predicted octanol–water partition coefficient (Wildman–Crippen LogP) is 1.49. The number of benzene rings is 1. The second kappa shape index (κ2) is 5.49. The summed E-state index contributed by atoms with van der Waals surface area (Å²) in [6, 6.07) is 7.03. The van der Waals surface area contributed by atoms with E-state index in [0.717, 1.165) is 12.8 Å². The fourth-order valence-corrected chi connectivity index (χ4v) is 1.57. The van der Waals surface area contributed by atoms with Crippen molar-refractivity contribution in [2.75, 3.05) is 6.54 Å². The van der Waals surface area contributed by atoms with Crippen LogP contribution in [0.3, 0.4) is 0 Å². The predicted molar refractivity (Wildman–Crippen MR) is 69.5 cm³/mol. The summed E-state index contributed by atoms with van der Waals surface area (Å²) in [4.78, 5) is 23.5. The van der Waals surface area contributed by atoms with Crippen molar-refractivity contribution >= 4 is 11.8 Å². The van der Waals surface area contributed by atoms with Crippen molar-refractivity contribution in [3.8, 4) is 0 Å². The standard InChI is InChI=1S/C14H16N2O2/c1-2-8-15-13(17)10-4-3-5-11(9-10)14(18)16-12-6-7-12/h2-5,9,12H,1,6-8H2,(H,15,17)(H,16,18). The Morgan fingerprint density at radius 2 is 1.94 bits per heavy atom. The largest absolute Gasteiger partial charge is 0.349 e. The maximum Gasteiger partial charge on any atom is 0.251 e. The summed E-state index contributed by atoms with van der Waals surface area (Å²) >= 11 is 0. The first-order valence-corrected chi connectivity index (χ1v) is 6.00. The summed E-state index contributed by atoms with van der Waals surface area (Å²) in [5, 5.41) is 5.57. The Bertz CT molecular complexity index is 478. The van der Waals surface area contributed by atoms with Crippen molar-refractivity contribution in [1.82, 2.24) is 10.6 Å². The van der Waals surface area contributed by atoms with Gasteiger partial charge in [-0.2, -0.15) is 0 Å².